The lowest BCUT2D eigenvalue weighted by molar-refractivity contribution is -0.116. The van der Waals surface area contributed by atoms with Crippen LogP contribution in [-0.2, 0) is 16.1 Å². The number of nitrogens with one attached hydrogen (secondary N) is 2. The minimum atomic E-state index is -0.286. The third-order valence-corrected chi connectivity index (χ3v) is 8.81. The van der Waals surface area contributed by atoms with E-state index in [0.29, 0.717) is 48.2 Å². The Labute approximate surface area is 230 Å². The standard InChI is InChI=1S/C27H32N8O3S/c1-17-23(10-20(12-28-17)31-25(36)5-6-33-14-18-3-4-21(33)9-18)32-26(37)22-13-30-35-16-24(39-27(22)35)19-11-29-34(15-19)7-8-38-2/h10-13,15-16,18,21H,3-9,14H2,1-2H3,(H,31,36)(H,32,37)/t18-,21+/m0/s1. The molecule has 0 unspecified atom stereocenters. The molecule has 204 valence electrons. The number of carbonyl (C=O) groups excluding carboxylic acids is 2. The Balaban J connectivity index is 1.10. The summed E-state index contributed by atoms with van der Waals surface area (Å²) in [6.07, 6.45) is 13.1. The molecule has 39 heavy (non-hydrogen) atoms. The van der Waals surface area contributed by atoms with Gasteiger partial charge in [-0.3, -0.25) is 24.2 Å². The highest BCUT2D eigenvalue weighted by atomic mass is 32.1. The second kappa shape index (κ2) is 10.9. The zero-order valence-corrected chi connectivity index (χ0v) is 22.9. The zero-order valence-electron chi connectivity index (χ0n) is 22.1. The van der Waals surface area contributed by atoms with Crippen molar-refractivity contribution in [1.29, 1.82) is 0 Å². The quantitative estimate of drug-likeness (QED) is 0.310. The van der Waals surface area contributed by atoms with Crippen LogP contribution in [0.5, 0.6) is 0 Å². The summed E-state index contributed by atoms with van der Waals surface area (Å²) >= 11 is 1.47. The molecule has 5 heterocycles. The van der Waals surface area contributed by atoms with Gasteiger partial charge in [-0.2, -0.15) is 10.2 Å². The molecule has 2 amide bonds. The molecule has 0 aromatic carbocycles. The van der Waals surface area contributed by atoms with Crippen LogP contribution in [0.4, 0.5) is 11.4 Å². The summed E-state index contributed by atoms with van der Waals surface area (Å²) in [5.41, 5.74) is 3.19. The van der Waals surface area contributed by atoms with Gasteiger partial charge in [0.15, 0.2) is 0 Å². The minimum absolute atomic E-state index is 0.0456. The Morgan fingerprint density at radius 2 is 2.03 bits per heavy atom. The molecule has 1 aliphatic carbocycles. The summed E-state index contributed by atoms with van der Waals surface area (Å²) in [5.74, 6) is 0.482. The van der Waals surface area contributed by atoms with Crippen molar-refractivity contribution in [1.82, 2.24) is 29.3 Å². The van der Waals surface area contributed by atoms with E-state index in [1.54, 1.807) is 36.3 Å². The van der Waals surface area contributed by atoms with Gasteiger partial charge < -0.3 is 15.4 Å². The summed E-state index contributed by atoms with van der Waals surface area (Å²) in [4.78, 5) is 34.4. The van der Waals surface area contributed by atoms with E-state index in [-0.39, 0.29) is 11.8 Å². The third-order valence-electron chi connectivity index (χ3n) is 7.65. The first-order valence-electron chi connectivity index (χ1n) is 13.3. The molecule has 0 spiro atoms. The van der Waals surface area contributed by atoms with Gasteiger partial charge in [0.05, 0.1) is 59.3 Å². The Morgan fingerprint density at radius 1 is 1.13 bits per heavy atom. The highest BCUT2D eigenvalue weighted by Crippen LogP contribution is 2.37. The van der Waals surface area contributed by atoms with E-state index < -0.39 is 0 Å². The predicted octanol–water partition coefficient (Wildman–Crippen LogP) is 3.67. The van der Waals surface area contributed by atoms with Gasteiger partial charge in [-0.25, -0.2) is 4.52 Å². The van der Waals surface area contributed by atoms with Gasteiger partial charge in [0.25, 0.3) is 5.91 Å². The first kappa shape index (κ1) is 25.7. The van der Waals surface area contributed by atoms with E-state index in [1.165, 1.54) is 30.6 Å². The van der Waals surface area contributed by atoms with Crippen molar-refractivity contribution >= 4 is 39.4 Å². The molecule has 6 rings (SSSR count). The molecule has 1 saturated heterocycles. The molecule has 1 aliphatic heterocycles. The maximum Gasteiger partial charge on any atom is 0.260 e. The topological polar surface area (TPSA) is 119 Å². The lowest BCUT2D eigenvalue weighted by Crippen LogP contribution is -2.34. The number of hydrogen-bond acceptors (Lipinski definition) is 8. The van der Waals surface area contributed by atoms with Crippen LogP contribution in [-0.4, -0.2) is 73.9 Å². The number of likely N-dealkylation sites (tertiary alicyclic amines) is 1. The fraction of sp³-hybridized carbons (Fsp3) is 0.444. The number of amides is 2. The molecule has 2 bridgehead atoms. The summed E-state index contributed by atoms with van der Waals surface area (Å²) in [7, 11) is 1.66. The summed E-state index contributed by atoms with van der Waals surface area (Å²) in [5, 5.41) is 14.6. The molecule has 4 aromatic rings. The lowest BCUT2D eigenvalue weighted by Gasteiger charge is -2.26. The minimum Gasteiger partial charge on any atom is -0.383 e. The number of anilines is 2. The number of piperidine rings is 1. The fourth-order valence-corrected chi connectivity index (χ4v) is 6.59. The first-order chi connectivity index (χ1) is 19.0. The van der Waals surface area contributed by atoms with Crippen LogP contribution in [0.3, 0.4) is 0 Å². The van der Waals surface area contributed by atoms with Crippen LogP contribution in [0.2, 0.25) is 0 Å². The SMILES string of the molecule is COCCn1cc(-c2cn3ncc(C(=O)Nc4cc(NC(=O)CCN5C[C@H]6CC[C@@H]5C6)cnc4C)c3s2)cn1. The molecule has 12 heteroatoms. The number of methoxy groups -OCH3 is 1. The number of nitrogens with zero attached hydrogens (tertiary/aromatic N) is 6. The van der Waals surface area contributed by atoms with Gasteiger partial charge >= 0.3 is 0 Å². The smallest absolute Gasteiger partial charge is 0.260 e. The van der Waals surface area contributed by atoms with E-state index >= 15 is 0 Å². The van der Waals surface area contributed by atoms with Crippen molar-refractivity contribution in [2.24, 2.45) is 5.92 Å². The van der Waals surface area contributed by atoms with Crippen LogP contribution in [0.1, 0.15) is 41.7 Å². The third kappa shape index (κ3) is 5.45. The number of ether oxygens (including phenoxy) is 1. The van der Waals surface area contributed by atoms with E-state index in [1.807, 2.05) is 24.0 Å². The number of aryl methyl sites for hydroxylation is 1. The Kier molecular flexibility index (Phi) is 7.15. The normalized spacial score (nSPS) is 18.7. The second-order valence-electron chi connectivity index (χ2n) is 10.3. The highest BCUT2D eigenvalue weighted by molar-refractivity contribution is 7.21. The van der Waals surface area contributed by atoms with E-state index in [9.17, 15) is 9.59 Å². The van der Waals surface area contributed by atoms with Crippen LogP contribution < -0.4 is 10.6 Å². The average molecular weight is 549 g/mol. The van der Waals surface area contributed by atoms with Crippen LogP contribution >= 0.6 is 11.3 Å². The van der Waals surface area contributed by atoms with Gasteiger partial charge in [-0.15, -0.1) is 11.3 Å². The highest BCUT2D eigenvalue weighted by Gasteiger charge is 2.37. The van der Waals surface area contributed by atoms with Crippen molar-refractivity contribution < 1.29 is 14.3 Å². The van der Waals surface area contributed by atoms with Crippen molar-refractivity contribution in [3.05, 3.63) is 48.3 Å². The van der Waals surface area contributed by atoms with Gasteiger partial charge in [0.1, 0.15) is 4.83 Å². The van der Waals surface area contributed by atoms with E-state index in [0.717, 1.165) is 34.3 Å². The Hall–Kier alpha value is -3.61. The summed E-state index contributed by atoms with van der Waals surface area (Å²) < 4.78 is 8.65. The zero-order chi connectivity index (χ0) is 26.9. The van der Waals surface area contributed by atoms with E-state index in [2.05, 4.69) is 30.7 Å². The monoisotopic (exact) mass is 548 g/mol. The predicted molar refractivity (Wildman–Crippen MR) is 149 cm³/mol. The van der Waals surface area contributed by atoms with Gasteiger partial charge in [0, 0.05) is 50.6 Å². The van der Waals surface area contributed by atoms with Crippen molar-refractivity contribution in [2.75, 3.05) is 37.4 Å². The maximum atomic E-state index is 13.2. The van der Waals surface area contributed by atoms with Gasteiger partial charge in [-0.1, -0.05) is 0 Å². The first-order valence-corrected chi connectivity index (χ1v) is 14.1. The van der Waals surface area contributed by atoms with Crippen LogP contribution in [0, 0.1) is 12.8 Å². The van der Waals surface area contributed by atoms with Crippen LogP contribution in [0.25, 0.3) is 15.3 Å². The molecule has 11 nitrogen and oxygen atoms in total. The van der Waals surface area contributed by atoms with Gasteiger partial charge in [0.2, 0.25) is 5.91 Å². The van der Waals surface area contributed by atoms with Crippen molar-refractivity contribution in [2.45, 2.75) is 45.2 Å². The molecular formula is C27H32N8O3S. The largest absolute Gasteiger partial charge is 0.383 e. The Bertz CT molecular complexity index is 1510. The average Bonchev–Trinajstić information content (AvgIpc) is 3.74. The van der Waals surface area contributed by atoms with Gasteiger partial charge in [-0.05, 0) is 38.2 Å². The number of carbonyl (C=O) groups is 2. The molecule has 2 aliphatic rings. The number of rotatable bonds is 10. The molecule has 2 N–H and O–H groups in total. The second-order valence-corrected chi connectivity index (χ2v) is 11.4. The molecule has 2 atom stereocenters. The number of hydrogen-bond donors (Lipinski definition) is 2. The summed E-state index contributed by atoms with van der Waals surface area (Å²) in [6, 6.07) is 2.41. The lowest BCUT2D eigenvalue weighted by atomic mass is 10.1. The Morgan fingerprint density at radius 3 is 2.82 bits per heavy atom. The molecular weight excluding hydrogens is 516 g/mol. The number of pyridine rings is 1. The van der Waals surface area contributed by atoms with Crippen molar-refractivity contribution in [3.8, 4) is 10.4 Å². The van der Waals surface area contributed by atoms with Crippen molar-refractivity contribution in [3.63, 3.8) is 0 Å². The van der Waals surface area contributed by atoms with Crippen LogP contribution in [0.15, 0.2) is 37.1 Å². The molecule has 1 saturated carbocycles. The number of thiazole rings is 1. The number of fused-ring (bicyclic) bond motifs is 3. The van der Waals surface area contributed by atoms with E-state index in [4.69, 9.17) is 4.74 Å². The molecule has 2 fully saturated rings. The number of aromatic nitrogens is 5. The summed E-state index contributed by atoms with van der Waals surface area (Å²) in [6.45, 7) is 4.97. The fourth-order valence-electron chi connectivity index (χ4n) is 5.56. The maximum absolute atomic E-state index is 13.2. The molecule has 4 aromatic heterocycles. The molecule has 0 radical (unpaired) electrons.